The van der Waals surface area contributed by atoms with Gasteiger partial charge in [-0.05, 0) is 19.1 Å². The Hall–Kier alpha value is -1.84. The summed E-state index contributed by atoms with van der Waals surface area (Å²) >= 11 is 0. The largest absolute Gasteiger partial charge is 0.504 e. The molecule has 72 valence electrons. The van der Waals surface area contributed by atoms with E-state index in [-0.39, 0.29) is 22.7 Å². The molecule has 1 aromatic heterocycles. The monoisotopic (exact) mass is 191 g/mol. The summed E-state index contributed by atoms with van der Waals surface area (Å²) in [4.78, 5) is 15.1. The molecule has 0 saturated carbocycles. The van der Waals surface area contributed by atoms with Crippen molar-refractivity contribution in [3.8, 4) is 5.75 Å². The molecular weight excluding hydrogens is 182 g/mol. The number of ketones is 1. The number of phenols is 1. The highest BCUT2D eigenvalue weighted by Gasteiger charge is 2.14. The number of hydrogen-bond donors (Lipinski definition) is 1. The topological polar surface area (TPSA) is 63.3 Å². The fourth-order valence-electron chi connectivity index (χ4n) is 1.37. The van der Waals surface area contributed by atoms with Crippen molar-refractivity contribution < 1.29 is 14.3 Å². The summed E-state index contributed by atoms with van der Waals surface area (Å²) in [5.74, 6) is 0.144. The van der Waals surface area contributed by atoms with E-state index in [1.807, 2.05) is 0 Å². The number of aromatic hydroxyl groups is 1. The number of phenolic OH excluding ortho intramolecular Hbond substituents is 1. The van der Waals surface area contributed by atoms with Crippen LogP contribution in [0.15, 0.2) is 16.5 Å². The molecule has 4 heteroatoms. The van der Waals surface area contributed by atoms with Crippen LogP contribution in [0.1, 0.15) is 23.2 Å². The Morgan fingerprint density at radius 3 is 2.86 bits per heavy atom. The number of carbonyl (C=O) groups is 1. The third-order valence-corrected chi connectivity index (χ3v) is 2.02. The Morgan fingerprint density at radius 2 is 2.21 bits per heavy atom. The summed E-state index contributed by atoms with van der Waals surface area (Å²) in [6.07, 6.45) is 0. The molecule has 0 spiro atoms. The Bertz CT molecular complexity index is 513. The van der Waals surface area contributed by atoms with E-state index in [0.29, 0.717) is 11.4 Å². The highest BCUT2D eigenvalue weighted by Crippen LogP contribution is 2.29. The molecular formula is C10H9NO3. The molecule has 2 aromatic rings. The molecule has 0 aliphatic heterocycles. The van der Waals surface area contributed by atoms with Gasteiger partial charge >= 0.3 is 0 Å². The standard InChI is InChI=1S/C10H9NO3/c1-5(12)7-3-4-8-10(9(7)13)14-6(2)11-8/h3-4,13H,1-2H3. The second-order valence-electron chi connectivity index (χ2n) is 3.10. The van der Waals surface area contributed by atoms with E-state index >= 15 is 0 Å². The zero-order valence-corrected chi connectivity index (χ0v) is 7.87. The van der Waals surface area contributed by atoms with E-state index in [1.54, 1.807) is 19.1 Å². The van der Waals surface area contributed by atoms with Crippen molar-refractivity contribution in [2.75, 3.05) is 0 Å². The van der Waals surface area contributed by atoms with Crippen molar-refractivity contribution in [1.29, 1.82) is 0 Å². The molecule has 0 unspecified atom stereocenters. The minimum Gasteiger partial charge on any atom is -0.504 e. The van der Waals surface area contributed by atoms with Gasteiger partial charge in [0.1, 0.15) is 5.52 Å². The molecule has 1 heterocycles. The van der Waals surface area contributed by atoms with E-state index in [4.69, 9.17) is 4.42 Å². The van der Waals surface area contributed by atoms with Crippen LogP contribution in [0, 0.1) is 6.92 Å². The molecule has 0 radical (unpaired) electrons. The molecule has 1 N–H and O–H groups in total. The van der Waals surface area contributed by atoms with Crippen LogP contribution in [0.4, 0.5) is 0 Å². The lowest BCUT2D eigenvalue weighted by molar-refractivity contribution is 0.101. The fourth-order valence-corrected chi connectivity index (χ4v) is 1.37. The van der Waals surface area contributed by atoms with Crippen molar-refractivity contribution in [3.63, 3.8) is 0 Å². The van der Waals surface area contributed by atoms with Gasteiger partial charge in [-0.15, -0.1) is 0 Å². The molecule has 0 bridgehead atoms. The van der Waals surface area contributed by atoms with E-state index in [0.717, 1.165) is 0 Å². The highest BCUT2D eigenvalue weighted by molar-refractivity contribution is 6.01. The third-order valence-electron chi connectivity index (χ3n) is 2.02. The molecule has 0 aliphatic rings. The number of aryl methyl sites for hydroxylation is 1. The zero-order chi connectivity index (χ0) is 10.3. The number of hydrogen-bond acceptors (Lipinski definition) is 4. The number of benzene rings is 1. The number of aromatic nitrogens is 1. The second-order valence-corrected chi connectivity index (χ2v) is 3.10. The van der Waals surface area contributed by atoms with Gasteiger partial charge < -0.3 is 9.52 Å². The highest BCUT2D eigenvalue weighted by atomic mass is 16.4. The first kappa shape index (κ1) is 8.74. The SMILES string of the molecule is CC(=O)c1ccc2nc(C)oc2c1O. The van der Waals surface area contributed by atoms with Crippen LogP contribution in [0.2, 0.25) is 0 Å². The zero-order valence-electron chi connectivity index (χ0n) is 7.87. The van der Waals surface area contributed by atoms with E-state index in [1.165, 1.54) is 6.92 Å². The van der Waals surface area contributed by atoms with E-state index < -0.39 is 0 Å². The first-order valence-corrected chi connectivity index (χ1v) is 4.19. The first-order valence-electron chi connectivity index (χ1n) is 4.19. The first-order chi connectivity index (χ1) is 6.59. The number of nitrogens with zero attached hydrogens (tertiary/aromatic N) is 1. The van der Waals surface area contributed by atoms with Gasteiger partial charge in [0, 0.05) is 6.92 Å². The van der Waals surface area contributed by atoms with Gasteiger partial charge in [0.05, 0.1) is 5.56 Å². The molecule has 14 heavy (non-hydrogen) atoms. The Labute approximate surface area is 80.2 Å². The summed E-state index contributed by atoms with van der Waals surface area (Å²) in [5, 5.41) is 9.68. The van der Waals surface area contributed by atoms with Crippen LogP contribution in [0.3, 0.4) is 0 Å². The summed E-state index contributed by atoms with van der Waals surface area (Å²) in [6.45, 7) is 3.08. The van der Waals surface area contributed by atoms with Crippen molar-refractivity contribution in [2.24, 2.45) is 0 Å². The lowest BCUT2D eigenvalue weighted by atomic mass is 10.1. The van der Waals surface area contributed by atoms with Crippen molar-refractivity contribution >= 4 is 16.9 Å². The summed E-state index contributed by atoms with van der Waals surface area (Å²) in [7, 11) is 0. The van der Waals surface area contributed by atoms with Crippen LogP contribution >= 0.6 is 0 Å². The maximum Gasteiger partial charge on any atom is 0.197 e. The smallest absolute Gasteiger partial charge is 0.197 e. The number of oxazole rings is 1. The minimum atomic E-state index is -0.196. The Morgan fingerprint density at radius 1 is 1.50 bits per heavy atom. The van der Waals surface area contributed by atoms with Crippen LogP contribution in [0.25, 0.3) is 11.1 Å². The van der Waals surface area contributed by atoms with Gasteiger partial charge in [0.2, 0.25) is 0 Å². The molecule has 0 saturated heterocycles. The van der Waals surface area contributed by atoms with Crippen molar-refractivity contribution in [1.82, 2.24) is 4.98 Å². The average molecular weight is 191 g/mol. The van der Waals surface area contributed by atoms with Gasteiger partial charge in [0.15, 0.2) is 23.0 Å². The summed E-state index contributed by atoms with van der Waals surface area (Å²) < 4.78 is 5.18. The van der Waals surface area contributed by atoms with Crippen molar-refractivity contribution in [3.05, 3.63) is 23.6 Å². The number of rotatable bonds is 1. The predicted octanol–water partition coefficient (Wildman–Crippen LogP) is 2.04. The lowest BCUT2D eigenvalue weighted by Gasteiger charge is -1.98. The van der Waals surface area contributed by atoms with Gasteiger partial charge in [0.25, 0.3) is 0 Å². The normalized spacial score (nSPS) is 10.7. The molecule has 4 nitrogen and oxygen atoms in total. The third kappa shape index (κ3) is 1.16. The van der Waals surface area contributed by atoms with Crippen LogP contribution in [0.5, 0.6) is 5.75 Å². The van der Waals surface area contributed by atoms with Gasteiger partial charge in [-0.25, -0.2) is 4.98 Å². The molecule has 0 atom stereocenters. The number of carbonyl (C=O) groups excluding carboxylic acids is 1. The molecule has 1 aromatic carbocycles. The van der Waals surface area contributed by atoms with E-state index in [2.05, 4.69) is 4.98 Å². The van der Waals surface area contributed by atoms with Crippen LogP contribution in [-0.4, -0.2) is 15.9 Å². The second kappa shape index (κ2) is 2.83. The average Bonchev–Trinajstić information content (AvgIpc) is 2.46. The maximum atomic E-state index is 11.1. The van der Waals surface area contributed by atoms with Gasteiger partial charge in [-0.3, -0.25) is 4.79 Å². The molecule has 0 aliphatic carbocycles. The van der Waals surface area contributed by atoms with Crippen molar-refractivity contribution in [2.45, 2.75) is 13.8 Å². The fraction of sp³-hybridized carbons (Fsp3) is 0.200. The number of fused-ring (bicyclic) bond motifs is 1. The minimum absolute atomic E-state index is 0.129. The number of Topliss-reactive ketones (excluding diaryl/α,β-unsaturated/α-hetero) is 1. The van der Waals surface area contributed by atoms with Gasteiger partial charge in [-0.1, -0.05) is 0 Å². The summed E-state index contributed by atoms with van der Waals surface area (Å²) in [5.41, 5.74) is 1.09. The molecule has 0 fully saturated rings. The molecule has 0 amide bonds. The van der Waals surface area contributed by atoms with Gasteiger partial charge in [-0.2, -0.15) is 0 Å². The van der Waals surface area contributed by atoms with Crippen LogP contribution < -0.4 is 0 Å². The maximum absolute atomic E-state index is 11.1. The quantitative estimate of drug-likeness (QED) is 0.700. The lowest BCUT2D eigenvalue weighted by Crippen LogP contribution is -1.91. The Balaban J connectivity index is 2.80. The Kier molecular flexibility index (Phi) is 1.77. The summed E-state index contributed by atoms with van der Waals surface area (Å²) in [6, 6.07) is 3.20. The van der Waals surface area contributed by atoms with E-state index in [9.17, 15) is 9.90 Å². The van der Waals surface area contributed by atoms with Crippen LogP contribution in [-0.2, 0) is 0 Å². The molecule has 2 rings (SSSR count). The predicted molar refractivity (Wildman–Crippen MR) is 50.4 cm³/mol.